The van der Waals surface area contributed by atoms with Gasteiger partial charge in [0.05, 0.1) is 11.8 Å². The fourth-order valence-electron chi connectivity index (χ4n) is 2.17. The molecule has 0 radical (unpaired) electrons. The molecule has 4 nitrogen and oxygen atoms in total. The molecule has 0 spiro atoms. The Hall–Kier alpha value is -2.43. The van der Waals surface area contributed by atoms with Gasteiger partial charge in [0.1, 0.15) is 5.75 Å². The van der Waals surface area contributed by atoms with E-state index in [0.717, 1.165) is 36.6 Å². The number of benzene rings is 2. The molecule has 0 amide bonds. The van der Waals surface area contributed by atoms with Gasteiger partial charge in [0, 0.05) is 5.69 Å². The summed E-state index contributed by atoms with van der Waals surface area (Å²) in [4.78, 5) is 0. The number of sulfonamides is 1. The van der Waals surface area contributed by atoms with E-state index in [1.165, 1.54) is 6.07 Å². The molecule has 2 aromatic carbocycles. The van der Waals surface area contributed by atoms with Crippen molar-refractivity contribution in [1.82, 2.24) is 0 Å². The lowest BCUT2D eigenvalue weighted by atomic mass is 9.98. The monoisotopic (exact) mass is 399 g/mol. The molecule has 0 aliphatic carbocycles. The first-order valence-electron chi connectivity index (χ1n) is 6.80. The summed E-state index contributed by atoms with van der Waals surface area (Å²) in [7, 11) is -3.81. The number of halogens is 6. The maximum absolute atomic E-state index is 13.3. The number of anilines is 1. The lowest BCUT2D eigenvalue weighted by molar-refractivity contribution is -0.274. The number of alkyl halides is 6. The van der Waals surface area contributed by atoms with E-state index in [0.29, 0.717) is 6.07 Å². The van der Waals surface area contributed by atoms with Crippen molar-refractivity contribution in [2.24, 2.45) is 0 Å². The maximum atomic E-state index is 13.3. The van der Waals surface area contributed by atoms with Gasteiger partial charge in [-0.15, -0.1) is 13.2 Å². The third-order valence-electron chi connectivity index (χ3n) is 3.01. The number of hydrogen-bond acceptors (Lipinski definition) is 3. The number of nitrogens with one attached hydrogen (secondary N) is 1. The highest BCUT2D eigenvalue weighted by Crippen LogP contribution is 2.39. The average molecular weight is 399 g/mol. The highest BCUT2D eigenvalue weighted by molar-refractivity contribution is 7.92. The van der Waals surface area contributed by atoms with Crippen molar-refractivity contribution in [2.45, 2.75) is 12.5 Å². The lowest BCUT2D eigenvalue weighted by Gasteiger charge is -2.16. The number of hydrogen-bond donors (Lipinski definition) is 1. The largest absolute Gasteiger partial charge is 0.573 e. The SMILES string of the molecule is CS(=O)(=O)Nc1ccc(-c2cccc(OC(F)(F)F)c2)c(C(F)(F)F)c1. The smallest absolute Gasteiger partial charge is 0.406 e. The van der Waals surface area contributed by atoms with E-state index in [4.69, 9.17) is 0 Å². The van der Waals surface area contributed by atoms with Crippen LogP contribution in [0.2, 0.25) is 0 Å². The third-order valence-corrected chi connectivity index (χ3v) is 3.61. The van der Waals surface area contributed by atoms with Gasteiger partial charge in [-0.2, -0.15) is 13.2 Å². The van der Waals surface area contributed by atoms with Crippen LogP contribution in [-0.4, -0.2) is 21.0 Å². The van der Waals surface area contributed by atoms with Gasteiger partial charge >= 0.3 is 12.5 Å². The van der Waals surface area contributed by atoms with Gasteiger partial charge in [-0.3, -0.25) is 4.72 Å². The Morgan fingerprint density at radius 3 is 2.15 bits per heavy atom. The molecule has 2 aromatic rings. The average Bonchev–Trinajstić information content (AvgIpc) is 2.43. The Morgan fingerprint density at radius 1 is 0.962 bits per heavy atom. The van der Waals surface area contributed by atoms with Crippen LogP contribution in [-0.2, 0) is 16.2 Å². The van der Waals surface area contributed by atoms with Gasteiger partial charge in [0.2, 0.25) is 10.0 Å². The maximum Gasteiger partial charge on any atom is 0.573 e. The third kappa shape index (κ3) is 5.55. The summed E-state index contributed by atoms with van der Waals surface area (Å²) < 4.78 is 105. The van der Waals surface area contributed by atoms with E-state index >= 15 is 0 Å². The summed E-state index contributed by atoms with van der Waals surface area (Å²) in [5.41, 5.74) is -2.14. The topological polar surface area (TPSA) is 55.4 Å². The van der Waals surface area contributed by atoms with Gasteiger partial charge < -0.3 is 4.74 Å². The Labute approximate surface area is 144 Å². The van der Waals surface area contributed by atoms with Crippen LogP contribution in [0.4, 0.5) is 32.0 Å². The molecule has 0 unspecified atom stereocenters. The zero-order chi connectivity index (χ0) is 19.8. The van der Waals surface area contributed by atoms with Crippen LogP contribution in [0, 0.1) is 0 Å². The second-order valence-corrected chi connectivity index (χ2v) is 6.96. The van der Waals surface area contributed by atoms with Crippen LogP contribution in [0.5, 0.6) is 5.75 Å². The van der Waals surface area contributed by atoms with Gasteiger partial charge in [0.15, 0.2) is 0 Å². The summed E-state index contributed by atoms with van der Waals surface area (Å²) in [6.45, 7) is 0. The fourth-order valence-corrected chi connectivity index (χ4v) is 2.72. The molecule has 0 fully saturated rings. The zero-order valence-corrected chi connectivity index (χ0v) is 13.8. The van der Waals surface area contributed by atoms with Crippen molar-refractivity contribution < 1.29 is 39.5 Å². The predicted octanol–water partition coefficient (Wildman–Crippen LogP) is 4.64. The molecule has 0 saturated carbocycles. The summed E-state index contributed by atoms with van der Waals surface area (Å²) in [5, 5.41) is 0. The fraction of sp³-hybridized carbons (Fsp3) is 0.200. The summed E-state index contributed by atoms with van der Waals surface area (Å²) in [6.07, 6.45) is -9.09. The van der Waals surface area contributed by atoms with Crippen LogP contribution in [0.3, 0.4) is 0 Å². The molecule has 0 heterocycles. The Kier molecular flexibility index (Phi) is 5.13. The van der Waals surface area contributed by atoms with Crippen molar-refractivity contribution >= 4 is 15.7 Å². The Balaban J connectivity index is 2.54. The first kappa shape index (κ1) is 19.9. The predicted molar refractivity (Wildman–Crippen MR) is 82.0 cm³/mol. The second-order valence-electron chi connectivity index (χ2n) is 5.21. The second kappa shape index (κ2) is 6.71. The van der Waals surface area contributed by atoms with Gasteiger partial charge in [0.25, 0.3) is 0 Å². The van der Waals surface area contributed by atoms with Crippen molar-refractivity contribution in [3.05, 3.63) is 48.0 Å². The van der Waals surface area contributed by atoms with Crippen molar-refractivity contribution in [3.63, 3.8) is 0 Å². The molecule has 1 N–H and O–H groups in total. The molecule has 0 atom stereocenters. The zero-order valence-electron chi connectivity index (χ0n) is 12.9. The van der Waals surface area contributed by atoms with Gasteiger partial charge in [-0.25, -0.2) is 8.42 Å². The molecular formula is C15H11F6NO3S. The first-order chi connectivity index (χ1) is 11.7. The lowest BCUT2D eigenvalue weighted by Crippen LogP contribution is -2.17. The molecular weight excluding hydrogens is 388 g/mol. The number of ether oxygens (including phenoxy) is 1. The van der Waals surface area contributed by atoms with E-state index in [1.807, 2.05) is 4.72 Å². The summed E-state index contributed by atoms with van der Waals surface area (Å²) in [6, 6.07) is 6.64. The molecule has 0 bridgehead atoms. The standard InChI is InChI=1S/C15H11F6NO3S/c1-26(23,24)22-10-5-6-12(13(8-10)14(16,17)18)9-3-2-4-11(7-9)25-15(19,20)21/h2-8,22H,1H3. The van der Waals surface area contributed by atoms with E-state index < -0.39 is 39.4 Å². The molecule has 0 saturated heterocycles. The first-order valence-corrected chi connectivity index (χ1v) is 8.69. The molecule has 142 valence electrons. The van der Waals surface area contributed by atoms with E-state index in [2.05, 4.69) is 4.74 Å². The van der Waals surface area contributed by atoms with Crippen molar-refractivity contribution in [3.8, 4) is 16.9 Å². The molecule has 26 heavy (non-hydrogen) atoms. The normalized spacial score (nSPS) is 12.7. The molecule has 0 aliphatic heterocycles. The minimum atomic E-state index is -4.99. The quantitative estimate of drug-likeness (QED) is 0.762. The Morgan fingerprint density at radius 2 is 1.62 bits per heavy atom. The molecule has 2 rings (SSSR count). The molecule has 0 aliphatic rings. The summed E-state index contributed by atoms with van der Waals surface area (Å²) >= 11 is 0. The van der Waals surface area contributed by atoms with Crippen molar-refractivity contribution in [2.75, 3.05) is 11.0 Å². The van der Waals surface area contributed by atoms with Crippen LogP contribution in [0.15, 0.2) is 42.5 Å². The van der Waals surface area contributed by atoms with Crippen LogP contribution in [0.25, 0.3) is 11.1 Å². The van der Waals surface area contributed by atoms with E-state index in [9.17, 15) is 34.8 Å². The van der Waals surface area contributed by atoms with Gasteiger partial charge in [-0.1, -0.05) is 18.2 Å². The minimum Gasteiger partial charge on any atom is -0.406 e. The van der Waals surface area contributed by atoms with E-state index in [-0.39, 0.29) is 11.3 Å². The van der Waals surface area contributed by atoms with Crippen molar-refractivity contribution in [1.29, 1.82) is 0 Å². The minimum absolute atomic E-state index is 0.176. The Bertz CT molecular complexity index is 906. The van der Waals surface area contributed by atoms with Gasteiger partial charge in [-0.05, 0) is 35.4 Å². The summed E-state index contributed by atoms with van der Waals surface area (Å²) in [5.74, 6) is -0.679. The highest BCUT2D eigenvalue weighted by Gasteiger charge is 2.35. The van der Waals surface area contributed by atoms with E-state index in [1.54, 1.807) is 0 Å². The van der Waals surface area contributed by atoms with Crippen LogP contribution in [0.1, 0.15) is 5.56 Å². The molecule has 0 aromatic heterocycles. The molecule has 11 heteroatoms. The highest BCUT2D eigenvalue weighted by atomic mass is 32.2. The van der Waals surface area contributed by atoms with Crippen LogP contribution < -0.4 is 9.46 Å². The van der Waals surface area contributed by atoms with Crippen LogP contribution >= 0.6 is 0 Å². The number of rotatable bonds is 4.